The Labute approximate surface area is 166 Å². The number of pyridine rings is 1. The first-order chi connectivity index (χ1) is 13.5. The summed E-state index contributed by atoms with van der Waals surface area (Å²) in [5, 5.41) is 3.07. The lowest BCUT2D eigenvalue weighted by atomic mass is 10.1. The number of amides is 1. The lowest BCUT2D eigenvalue weighted by molar-refractivity contribution is -0.125. The molecule has 1 aromatic rings. The van der Waals surface area contributed by atoms with E-state index in [0.29, 0.717) is 35.0 Å². The van der Waals surface area contributed by atoms with E-state index in [1.807, 2.05) is 18.2 Å². The fourth-order valence-corrected chi connectivity index (χ4v) is 2.76. The van der Waals surface area contributed by atoms with Crippen molar-refractivity contribution in [1.29, 1.82) is 0 Å². The largest absolute Gasteiger partial charge is 0.383 e. The number of hydrogen-bond donors (Lipinski definition) is 2. The standard InChI is InChI=1S/C20H29N7O/c1-5-27(6-2)12-11-26(4)20(28)15-13-24-19(25-14-15)17(18(21)22-3)16-9-7-8-10-23-16/h7-10,13-14,24H,5-6,11-12H2,1-4H3,(H2,21,22)/b19-17-. The van der Waals surface area contributed by atoms with Crippen LogP contribution in [0.2, 0.25) is 0 Å². The molecule has 8 nitrogen and oxygen atoms in total. The Morgan fingerprint density at radius 1 is 1.25 bits per heavy atom. The number of amidine groups is 1. The van der Waals surface area contributed by atoms with Gasteiger partial charge in [-0.1, -0.05) is 19.9 Å². The Hall–Kier alpha value is -3.00. The van der Waals surface area contributed by atoms with Gasteiger partial charge in [-0.2, -0.15) is 0 Å². The first-order valence-electron chi connectivity index (χ1n) is 9.38. The molecule has 1 amide bonds. The van der Waals surface area contributed by atoms with Crippen LogP contribution >= 0.6 is 0 Å². The minimum Gasteiger partial charge on any atom is -0.383 e. The molecular weight excluding hydrogens is 354 g/mol. The molecule has 28 heavy (non-hydrogen) atoms. The number of nitrogens with two attached hydrogens (primary N) is 1. The molecule has 2 heterocycles. The second-order valence-electron chi connectivity index (χ2n) is 6.30. The summed E-state index contributed by atoms with van der Waals surface area (Å²) in [4.78, 5) is 29.4. The van der Waals surface area contributed by atoms with Crippen molar-refractivity contribution in [2.75, 3.05) is 40.3 Å². The van der Waals surface area contributed by atoms with Gasteiger partial charge in [0.05, 0.1) is 16.8 Å². The molecule has 0 bridgehead atoms. The van der Waals surface area contributed by atoms with Gasteiger partial charge in [0.25, 0.3) is 5.91 Å². The fraction of sp³-hybridized carbons (Fsp3) is 0.400. The van der Waals surface area contributed by atoms with Crippen LogP contribution in [0.1, 0.15) is 19.5 Å². The molecule has 150 valence electrons. The minimum absolute atomic E-state index is 0.0843. The zero-order valence-electron chi connectivity index (χ0n) is 17.0. The predicted molar refractivity (Wildman–Crippen MR) is 114 cm³/mol. The van der Waals surface area contributed by atoms with E-state index < -0.39 is 0 Å². The molecule has 3 N–H and O–H groups in total. The molecule has 2 rings (SSSR count). The van der Waals surface area contributed by atoms with Gasteiger partial charge in [-0.3, -0.25) is 14.8 Å². The van der Waals surface area contributed by atoms with Crippen molar-refractivity contribution >= 4 is 23.5 Å². The molecule has 0 fully saturated rings. The first kappa shape index (κ1) is 21.3. The van der Waals surface area contributed by atoms with Gasteiger partial charge < -0.3 is 20.9 Å². The number of aliphatic imine (C=N–C) groups is 2. The molecular formula is C20H29N7O. The number of nitrogens with zero attached hydrogens (tertiary/aromatic N) is 5. The summed E-state index contributed by atoms with van der Waals surface area (Å²) in [6, 6.07) is 5.53. The molecule has 0 radical (unpaired) electrons. The van der Waals surface area contributed by atoms with Crippen LogP contribution in [0.4, 0.5) is 0 Å². The van der Waals surface area contributed by atoms with E-state index in [2.05, 4.69) is 39.0 Å². The number of nitrogens with one attached hydrogen (secondary N) is 1. The third kappa shape index (κ3) is 5.26. The number of carbonyl (C=O) groups excluding carboxylic acids is 1. The molecule has 0 saturated carbocycles. The third-order valence-electron chi connectivity index (χ3n) is 4.59. The average molecular weight is 384 g/mol. The van der Waals surface area contributed by atoms with Crippen molar-refractivity contribution in [3.63, 3.8) is 0 Å². The molecule has 0 unspecified atom stereocenters. The Bertz CT molecular complexity index is 792. The maximum absolute atomic E-state index is 12.7. The zero-order valence-corrected chi connectivity index (χ0v) is 17.0. The zero-order chi connectivity index (χ0) is 20.5. The van der Waals surface area contributed by atoms with Crippen LogP contribution in [-0.2, 0) is 4.79 Å². The Morgan fingerprint density at radius 2 is 2.00 bits per heavy atom. The van der Waals surface area contributed by atoms with E-state index in [4.69, 9.17) is 5.73 Å². The molecule has 1 aliphatic heterocycles. The Kier molecular flexibility index (Phi) is 7.88. The molecule has 0 saturated heterocycles. The number of aromatic nitrogens is 1. The summed E-state index contributed by atoms with van der Waals surface area (Å²) in [5.41, 5.74) is 7.79. The maximum Gasteiger partial charge on any atom is 0.256 e. The van der Waals surface area contributed by atoms with Gasteiger partial charge in [0.2, 0.25) is 0 Å². The van der Waals surface area contributed by atoms with E-state index in [0.717, 1.165) is 19.6 Å². The molecule has 0 aromatic carbocycles. The number of likely N-dealkylation sites (N-methyl/N-ethyl adjacent to an activating group) is 2. The molecule has 1 aromatic heterocycles. The molecule has 1 aliphatic rings. The van der Waals surface area contributed by atoms with Crippen LogP contribution in [0.25, 0.3) is 5.57 Å². The lowest BCUT2D eigenvalue weighted by Gasteiger charge is -2.24. The number of rotatable bonds is 8. The van der Waals surface area contributed by atoms with E-state index in [9.17, 15) is 4.79 Å². The highest BCUT2D eigenvalue weighted by atomic mass is 16.2. The summed E-state index contributed by atoms with van der Waals surface area (Å²) in [6.45, 7) is 7.66. The molecule has 0 spiro atoms. The lowest BCUT2D eigenvalue weighted by Crippen LogP contribution is -2.37. The highest BCUT2D eigenvalue weighted by Gasteiger charge is 2.19. The van der Waals surface area contributed by atoms with E-state index >= 15 is 0 Å². The quantitative estimate of drug-likeness (QED) is 0.517. The van der Waals surface area contributed by atoms with Crippen LogP contribution in [0.5, 0.6) is 0 Å². The highest BCUT2D eigenvalue weighted by Crippen LogP contribution is 2.18. The van der Waals surface area contributed by atoms with Crippen LogP contribution < -0.4 is 11.1 Å². The number of carbonyl (C=O) groups is 1. The van der Waals surface area contributed by atoms with E-state index in [1.54, 1.807) is 37.6 Å². The summed E-state index contributed by atoms with van der Waals surface area (Å²) < 4.78 is 0. The SMILES string of the molecule is CCN(CC)CCN(C)C(=O)C1=CN/C(=C(/C(N)=NC)c2ccccn2)N=C1. The first-order valence-corrected chi connectivity index (χ1v) is 9.38. The summed E-state index contributed by atoms with van der Waals surface area (Å²) >= 11 is 0. The molecule has 0 aliphatic carbocycles. The van der Waals surface area contributed by atoms with Crippen molar-refractivity contribution in [3.8, 4) is 0 Å². The van der Waals surface area contributed by atoms with Gasteiger partial charge in [0.1, 0.15) is 11.7 Å². The van der Waals surface area contributed by atoms with Crippen LogP contribution in [0.15, 0.2) is 52.0 Å². The van der Waals surface area contributed by atoms with Gasteiger partial charge in [-0.25, -0.2) is 4.99 Å². The van der Waals surface area contributed by atoms with Crippen molar-refractivity contribution in [2.45, 2.75) is 13.8 Å². The second-order valence-corrected chi connectivity index (χ2v) is 6.30. The highest BCUT2D eigenvalue weighted by molar-refractivity contribution is 6.22. The summed E-state index contributed by atoms with van der Waals surface area (Å²) in [7, 11) is 3.41. The fourth-order valence-electron chi connectivity index (χ4n) is 2.76. The normalized spacial score (nSPS) is 15.9. The second kappa shape index (κ2) is 10.4. The van der Waals surface area contributed by atoms with Crippen LogP contribution in [0, 0.1) is 0 Å². The summed E-state index contributed by atoms with van der Waals surface area (Å²) in [5.74, 6) is 0.737. The molecule has 8 heteroatoms. The molecule has 0 atom stereocenters. The van der Waals surface area contributed by atoms with Gasteiger partial charge in [-0.15, -0.1) is 0 Å². The van der Waals surface area contributed by atoms with Crippen molar-refractivity contribution in [2.24, 2.45) is 15.7 Å². The van der Waals surface area contributed by atoms with Crippen molar-refractivity contribution in [3.05, 3.63) is 47.7 Å². The Balaban J connectivity index is 2.15. The van der Waals surface area contributed by atoms with E-state index in [-0.39, 0.29) is 5.91 Å². The van der Waals surface area contributed by atoms with Crippen LogP contribution in [0.3, 0.4) is 0 Å². The maximum atomic E-state index is 12.7. The third-order valence-corrected chi connectivity index (χ3v) is 4.59. The monoisotopic (exact) mass is 383 g/mol. The number of hydrogen-bond acceptors (Lipinski definition) is 6. The Morgan fingerprint density at radius 3 is 2.54 bits per heavy atom. The van der Waals surface area contributed by atoms with E-state index in [1.165, 1.54) is 0 Å². The average Bonchev–Trinajstić information content (AvgIpc) is 2.75. The predicted octanol–water partition coefficient (Wildman–Crippen LogP) is 1.10. The van der Waals surface area contributed by atoms with Crippen molar-refractivity contribution < 1.29 is 4.79 Å². The summed E-state index contributed by atoms with van der Waals surface area (Å²) in [6.07, 6.45) is 4.87. The minimum atomic E-state index is -0.0843. The topological polar surface area (TPSA) is 99.2 Å². The van der Waals surface area contributed by atoms with Gasteiger partial charge in [-0.05, 0) is 25.2 Å². The van der Waals surface area contributed by atoms with Crippen LogP contribution in [-0.4, -0.2) is 73.0 Å². The van der Waals surface area contributed by atoms with Gasteiger partial charge in [0, 0.05) is 45.8 Å². The smallest absolute Gasteiger partial charge is 0.256 e. The van der Waals surface area contributed by atoms with Gasteiger partial charge in [0.15, 0.2) is 0 Å². The van der Waals surface area contributed by atoms with Gasteiger partial charge >= 0.3 is 0 Å². The van der Waals surface area contributed by atoms with Crippen molar-refractivity contribution in [1.82, 2.24) is 20.1 Å².